The fourth-order valence-corrected chi connectivity index (χ4v) is 2.81. The van der Waals surface area contributed by atoms with Crippen molar-refractivity contribution in [3.05, 3.63) is 29.8 Å². The molecule has 0 aliphatic carbocycles. The van der Waals surface area contributed by atoms with Crippen molar-refractivity contribution in [2.45, 2.75) is 38.0 Å². The van der Waals surface area contributed by atoms with Crippen LogP contribution in [-0.2, 0) is 16.1 Å². The van der Waals surface area contributed by atoms with Gasteiger partial charge in [0.05, 0.1) is 14.2 Å². The van der Waals surface area contributed by atoms with Crippen molar-refractivity contribution in [3.8, 4) is 5.75 Å². The van der Waals surface area contributed by atoms with E-state index in [1.807, 2.05) is 31.2 Å². The Morgan fingerprint density at radius 3 is 2.57 bits per heavy atom. The molecule has 116 valence electrons. The quantitative estimate of drug-likeness (QED) is 0.800. The first kappa shape index (κ1) is 15.8. The molecule has 0 saturated carbocycles. The summed E-state index contributed by atoms with van der Waals surface area (Å²) in [7, 11) is 2.87. The van der Waals surface area contributed by atoms with Gasteiger partial charge < -0.3 is 9.47 Å². The van der Waals surface area contributed by atoms with Crippen LogP contribution < -0.4 is 4.74 Å². The highest BCUT2D eigenvalue weighted by atomic mass is 19.1. The summed E-state index contributed by atoms with van der Waals surface area (Å²) in [5.41, 5.74) is -0.697. The number of rotatable bonds is 4. The number of hydrogen-bond donors (Lipinski definition) is 0. The fourth-order valence-electron chi connectivity index (χ4n) is 2.81. The number of hydrogen-bond acceptors (Lipinski definition) is 4. The maximum absolute atomic E-state index is 14.5. The number of carbonyl (C=O) groups excluding carboxylic acids is 1. The number of halogens is 1. The molecule has 1 aromatic carbocycles. The summed E-state index contributed by atoms with van der Waals surface area (Å²) in [6, 6.07) is 7.83. The molecule has 0 N–H and O–H groups in total. The SMILES string of the molecule is COC(=O)[C@@]1(F)CCN(Cc2ccc(OC)cc2)[C@@H](C)C1. The number of piperidine rings is 1. The lowest BCUT2D eigenvalue weighted by molar-refractivity contribution is -0.159. The van der Waals surface area contributed by atoms with Gasteiger partial charge in [-0.15, -0.1) is 0 Å². The summed E-state index contributed by atoms with van der Waals surface area (Å²) in [5.74, 6) is 0.0670. The van der Waals surface area contributed by atoms with Crippen LogP contribution >= 0.6 is 0 Å². The first-order valence-corrected chi connectivity index (χ1v) is 7.13. The van der Waals surface area contributed by atoms with Gasteiger partial charge in [-0.1, -0.05) is 12.1 Å². The summed E-state index contributed by atoms with van der Waals surface area (Å²) in [6.45, 7) is 3.22. The Kier molecular flexibility index (Phi) is 4.83. The second-order valence-corrected chi connectivity index (χ2v) is 5.58. The van der Waals surface area contributed by atoms with E-state index in [2.05, 4.69) is 9.64 Å². The van der Waals surface area contributed by atoms with Gasteiger partial charge in [0, 0.05) is 32.0 Å². The molecule has 1 saturated heterocycles. The van der Waals surface area contributed by atoms with Crippen molar-refractivity contribution in [2.24, 2.45) is 0 Å². The number of methoxy groups -OCH3 is 2. The van der Waals surface area contributed by atoms with Crippen molar-refractivity contribution in [1.82, 2.24) is 4.90 Å². The zero-order valence-electron chi connectivity index (χ0n) is 12.8. The maximum atomic E-state index is 14.5. The molecule has 1 aliphatic rings. The number of ether oxygens (including phenoxy) is 2. The molecular formula is C16H22FNO3. The van der Waals surface area contributed by atoms with E-state index in [1.165, 1.54) is 7.11 Å². The zero-order chi connectivity index (χ0) is 15.5. The van der Waals surface area contributed by atoms with E-state index in [0.717, 1.165) is 17.9 Å². The Bertz CT molecular complexity index is 491. The topological polar surface area (TPSA) is 38.8 Å². The lowest BCUT2D eigenvalue weighted by Gasteiger charge is -2.39. The van der Waals surface area contributed by atoms with Crippen molar-refractivity contribution in [3.63, 3.8) is 0 Å². The molecule has 5 heteroatoms. The standard InChI is InChI=1S/C16H22FNO3/c1-12-10-16(17,15(19)21-3)8-9-18(12)11-13-4-6-14(20-2)7-5-13/h4-7,12H,8-11H2,1-3H3/t12-,16+/m0/s1. The number of carbonyl (C=O) groups is 1. The summed E-state index contributed by atoms with van der Waals surface area (Å²) in [6.07, 6.45) is 0.357. The Morgan fingerprint density at radius 1 is 1.38 bits per heavy atom. The van der Waals surface area contributed by atoms with Crippen LogP contribution in [-0.4, -0.2) is 43.3 Å². The molecule has 1 fully saturated rings. The molecule has 0 amide bonds. The monoisotopic (exact) mass is 295 g/mol. The van der Waals surface area contributed by atoms with Crippen molar-refractivity contribution < 1.29 is 18.7 Å². The van der Waals surface area contributed by atoms with Crippen molar-refractivity contribution in [2.75, 3.05) is 20.8 Å². The van der Waals surface area contributed by atoms with Gasteiger partial charge in [-0.2, -0.15) is 0 Å². The molecule has 2 atom stereocenters. The van der Waals surface area contributed by atoms with Crippen LogP contribution in [0.15, 0.2) is 24.3 Å². The van der Waals surface area contributed by atoms with E-state index in [1.54, 1.807) is 7.11 Å². The normalized spacial score (nSPS) is 26.4. The molecule has 2 rings (SSSR count). The first-order chi connectivity index (χ1) is 9.98. The number of nitrogens with zero attached hydrogens (tertiary/aromatic N) is 1. The van der Waals surface area contributed by atoms with Crippen LogP contribution in [0.3, 0.4) is 0 Å². The van der Waals surface area contributed by atoms with Crippen LogP contribution in [0.4, 0.5) is 4.39 Å². The summed E-state index contributed by atoms with van der Waals surface area (Å²) in [4.78, 5) is 13.7. The predicted octanol–water partition coefficient (Wildman–Crippen LogP) is 2.56. The number of esters is 1. The average molecular weight is 295 g/mol. The number of benzene rings is 1. The minimum Gasteiger partial charge on any atom is -0.497 e. The van der Waals surface area contributed by atoms with Gasteiger partial charge in [-0.05, 0) is 24.6 Å². The second-order valence-electron chi connectivity index (χ2n) is 5.58. The molecule has 1 aliphatic heterocycles. The van der Waals surface area contributed by atoms with Gasteiger partial charge in [-0.3, -0.25) is 4.90 Å². The molecule has 0 aromatic heterocycles. The second kappa shape index (κ2) is 6.43. The Hall–Kier alpha value is -1.62. The van der Waals surface area contributed by atoms with Crippen LogP contribution in [0, 0.1) is 0 Å². The third-order valence-electron chi connectivity index (χ3n) is 4.13. The molecular weight excluding hydrogens is 273 g/mol. The lowest BCUT2D eigenvalue weighted by atomic mass is 9.88. The molecule has 0 radical (unpaired) electrons. The molecule has 21 heavy (non-hydrogen) atoms. The Balaban J connectivity index is 1.98. The summed E-state index contributed by atoms with van der Waals surface area (Å²) in [5, 5.41) is 0. The number of alkyl halides is 1. The van der Waals surface area contributed by atoms with E-state index < -0.39 is 11.6 Å². The average Bonchev–Trinajstić information content (AvgIpc) is 2.50. The molecule has 0 spiro atoms. The minimum absolute atomic E-state index is 0.00930. The largest absolute Gasteiger partial charge is 0.497 e. The highest BCUT2D eigenvalue weighted by molar-refractivity contribution is 5.79. The van der Waals surface area contributed by atoms with E-state index in [4.69, 9.17) is 4.74 Å². The van der Waals surface area contributed by atoms with Crippen LogP contribution in [0.1, 0.15) is 25.3 Å². The molecule has 1 heterocycles. The smallest absolute Gasteiger partial charge is 0.343 e. The lowest BCUT2D eigenvalue weighted by Crippen LogP contribution is -2.50. The third-order valence-corrected chi connectivity index (χ3v) is 4.13. The van der Waals surface area contributed by atoms with E-state index in [9.17, 15) is 9.18 Å². The van der Waals surface area contributed by atoms with Gasteiger partial charge >= 0.3 is 5.97 Å². The van der Waals surface area contributed by atoms with Crippen molar-refractivity contribution in [1.29, 1.82) is 0 Å². The molecule has 4 nitrogen and oxygen atoms in total. The fraction of sp³-hybridized carbons (Fsp3) is 0.562. The summed E-state index contributed by atoms with van der Waals surface area (Å²) >= 11 is 0. The van der Waals surface area contributed by atoms with Crippen LogP contribution in [0.2, 0.25) is 0 Å². The third kappa shape index (κ3) is 3.53. The highest BCUT2D eigenvalue weighted by Gasteiger charge is 2.45. The van der Waals surface area contributed by atoms with Crippen molar-refractivity contribution >= 4 is 5.97 Å². The highest BCUT2D eigenvalue weighted by Crippen LogP contribution is 2.32. The van der Waals surface area contributed by atoms with Gasteiger partial charge in [0.1, 0.15) is 5.75 Å². The maximum Gasteiger partial charge on any atom is 0.343 e. The molecule has 0 bridgehead atoms. The van der Waals surface area contributed by atoms with Gasteiger partial charge in [0.25, 0.3) is 0 Å². The Labute approximate surface area is 124 Å². The Morgan fingerprint density at radius 2 is 2.05 bits per heavy atom. The number of likely N-dealkylation sites (tertiary alicyclic amines) is 1. The predicted molar refractivity (Wildman–Crippen MR) is 78.0 cm³/mol. The van der Waals surface area contributed by atoms with E-state index >= 15 is 0 Å². The zero-order valence-corrected chi connectivity index (χ0v) is 12.8. The minimum atomic E-state index is -1.84. The van der Waals surface area contributed by atoms with Gasteiger partial charge in [0.15, 0.2) is 0 Å². The van der Waals surface area contributed by atoms with E-state index in [0.29, 0.717) is 6.54 Å². The molecule has 1 aromatic rings. The van der Waals surface area contributed by atoms with Crippen LogP contribution in [0.5, 0.6) is 5.75 Å². The molecule has 0 unspecified atom stereocenters. The summed E-state index contributed by atoms with van der Waals surface area (Å²) < 4.78 is 24.2. The van der Waals surface area contributed by atoms with Gasteiger partial charge in [-0.25, -0.2) is 9.18 Å². The van der Waals surface area contributed by atoms with E-state index in [-0.39, 0.29) is 18.9 Å². The van der Waals surface area contributed by atoms with Gasteiger partial charge in [0.2, 0.25) is 5.67 Å². The first-order valence-electron chi connectivity index (χ1n) is 7.13. The van der Waals surface area contributed by atoms with Crippen LogP contribution in [0.25, 0.3) is 0 Å².